The summed E-state index contributed by atoms with van der Waals surface area (Å²) in [6, 6.07) is 2.98. The van der Waals surface area contributed by atoms with E-state index in [1.165, 1.54) is 19.3 Å². The van der Waals surface area contributed by atoms with Gasteiger partial charge in [0.15, 0.2) is 0 Å². The van der Waals surface area contributed by atoms with E-state index in [4.69, 9.17) is 14.7 Å². The van der Waals surface area contributed by atoms with Gasteiger partial charge in [-0.3, -0.25) is 9.69 Å². The maximum absolute atomic E-state index is 11.3. The molecule has 0 bridgehead atoms. The van der Waals surface area contributed by atoms with Crippen LogP contribution in [0, 0.1) is 5.92 Å². The number of carbonyl (C=O) groups is 1. The quantitative estimate of drug-likeness (QED) is 0.693. The van der Waals surface area contributed by atoms with Crippen molar-refractivity contribution in [1.82, 2.24) is 20.2 Å². The van der Waals surface area contributed by atoms with E-state index in [0.29, 0.717) is 18.7 Å². The zero-order valence-corrected chi connectivity index (χ0v) is 21.0. The van der Waals surface area contributed by atoms with Crippen LogP contribution in [-0.4, -0.2) is 66.1 Å². The Hall–Kier alpha value is -1.73. The van der Waals surface area contributed by atoms with Crippen LogP contribution in [0.15, 0.2) is 6.07 Å². The van der Waals surface area contributed by atoms with Crippen LogP contribution in [0.3, 0.4) is 0 Å². The van der Waals surface area contributed by atoms with Crippen LogP contribution >= 0.6 is 0 Å². The lowest BCUT2D eigenvalue weighted by atomic mass is 9.84. The third kappa shape index (κ3) is 6.88. The smallest absolute Gasteiger partial charge is 0.217 e. The molecule has 0 radical (unpaired) electrons. The van der Waals surface area contributed by atoms with Crippen LogP contribution in [0.2, 0.25) is 0 Å². The van der Waals surface area contributed by atoms with E-state index in [1.807, 2.05) is 0 Å². The predicted molar refractivity (Wildman–Crippen MR) is 129 cm³/mol. The Labute approximate surface area is 194 Å². The molecule has 1 aromatic rings. The highest BCUT2D eigenvalue weighted by molar-refractivity contribution is 5.73. The maximum atomic E-state index is 11.3. The van der Waals surface area contributed by atoms with E-state index in [0.717, 1.165) is 62.3 Å². The van der Waals surface area contributed by atoms with E-state index >= 15 is 0 Å². The monoisotopic (exact) mass is 445 g/mol. The molecule has 1 aliphatic heterocycles. The van der Waals surface area contributed by atoms with Crippen molar-refractivity contribution in [3.63, 3.8) is 0 Å². The van der Waals surface area contributed by atoms with Crippen molar-refractivity contribution in [3.05, 3.63) is 17.6 Å². The zero-order chi connectivity index (χ0) is 23.3. The van der Waals surface area contributed by atoms with Gasteiger partial charge in [0.2, 0.25) is 5.91 Å². The van der Waals surface area contributed by atoms with Crippen LogP contribution in [0.1, 0.15) is 78.2 Å². The molecule has 1 unspecified atom stereocenters. The molecule has 2 aliphatic rings. The van der Waals surface area contributed by atoms with E-state index in [9.17, 15) is 4.79 Å². The molecular weight excluding hydrogens is 402 g/mol. The number of nitrogens with zero attached hydrogens (tertiary/aromatic N) is 4. The molecule has 0 aromatic carbocycles. The highest BCUT2D eigenvalue weighted by atomic mass is 16.5. The van der Waals surface area contributed by atoms with Gasteiger partial charge in [0.25, 0.3) is 0 Å². The molecule has 1 aromatic heterocycles. The molecule has 1 aliphatic carbocycles. The number of ether oxygens (including phenoxy) is 1. The molecule has 2 fully saturated rings. The molecule has 2 heterocycles. The normalized spacial score (nSPS) is 25.1. The van der Waals surface area contributed by atoms with Crippen molar-refractivity contribution in [2.24, 2.45) is 5.92 Å². The minimum atomic E-state index is -0.0924. The first-order chi connectivity index (χ1) is 15.2. The van der Waals surface area contributed by atoms with Gasteiger partial charge >= 0.3 is 0 Å². The van der Waals surface area contributed by atoms with Crippen molar-refractivity contribution in [2.75, 3.05) is 38.2 Å². The molecule has 7 nitrogen and oxygen atoms in total. The Kier molecular flexibility index (Phi) is 8.50. The molecule has 180 valence electrons. The summed E-state index contributed by atoms with van der Waals surface area (Å²) in [5, 5.41) is 3.09. The van der Waals surface area contributed by atoms with Crippen molar-refractivity contribution < 1.29 is 9.53 Å². The Morgan fingerprint density at radius 3 is 2.50 bits per heavy atom. The number of hydrogen-bond donors (Lipinski definition) is 1. The standard InChI is InChI=1S/C25H43N5O2/c1-18-16-30(23-15-22(17-32-6)27-24(28-23)25(3,4)5)14-13-29(18)12-11-20-7-9-21(10-8-20)26-19(2)31/h15,18,20-21H,7-14,16-17H2,1-6H3,(H,26,31). The lowest BCUT2D eigenvalue weighted by molar-refractivity contribution is -0.119. The summed E-state index contributed by atoms with van der Waals surface area (Å²) in [5.74, 6) is 2.80. The molecule has 0 spiro atoms. The Morgan fingerprint density at radius 1 is 1.19 bits per heavy atom. The van der Waals surface area contributed by atoms with Gasteiger partial charge in [-0.15, -0.1) is 0 Å². The van der Waals surface area contributed by atoms with Gasteiger partial charge in [0.1, 0.15) is 11.6 Å². The molecule has 1 saturated carbocycles. The van der Waals surface area contributed by atoms with Gasteiger partial charge in [0.05, 0.1) is 12.3 Å². The van der Waals surface area contributed by atoms with E-state index in [2.05, 4.69) is 48.9 Å². The van der Waals surface area contributed by atoms with E-state index in [1.54, 1.807) is 14.0 Å². The van der Waals surface area contributed by atoms with Gasteiger partial charge in [-0.2, -0.15) is 0 Å². The fraction of sp³-hybridized carbons (Fsp3) is 0.800. The first kappa shape index (κ1) is 24.9. The number of anilines is 1. The number of nitrogens with one attached hydrogen (secondary N) is 1. The van der Waals surface area contributed by atoms with Gasteiger partial charge in [-0.05, 0) is 51.5 Å². The topological polar surface area (TPSA) is 70.6 Å². The number of rotatable bonds is 7. The molecule has 1 N–H and O–H groups in total. The Morgan fingerprint density at radius 2 is 1.91 bits per heavy atom. The maximum Gasteiger partial charge on any atom is 0.217 e. The minimum Gasteiger partial charge on any atom is -0.378 e. The number of aromatic nitrogens is 2. The number of hydrogen-bond acceptors (Lipinski definition) is 6. The highest BCUT2D eigenvalue weighted by Crippen LogP contribution is 2.28. The Bertz CT molecular complexity index is 755. The van der Waals surface area contributed by atoms with Gasteiger partial charge in [-0.1, -0.05) is 20.8 Å². The average molecular weight is 446 g/mol. The third-order valence-electron chi connectivity index (χ3n) is 6.90. The number of methoxy groups -OCH3 is 1. The first-order valence-corrected chi connectivity index (χ1v) is 12.3. The second kappa shape index (κ2) is 10.9. The van der Waals surface area contributed by atoms with E-state index < -0.39 is 0 Å². The minimum absolute atomic E-state index is 0.0924. The summed E-state index contributed by atoms with van der Waals surface area (Å²) >= 11 is 0. The largest absolute Gasteiger partial charge is 0.378 e. The molecular formula is C25H43N5O2. The van der Waals surface area contributed by atoms with Crippen LogP contribution in [0.4, 0.5) is 5.82 Å². The van der Waals surface area contributed by atoms with Crippen LogP contribution in [0.25, 0.3) is 0 Å². The van der Waals surface area contributed by atoms with Gasteiger partial charge in [-0.25, -0.2) is 9.97 Å². The SMILES string of the molecule is COCc1cc(N2CCN(CCC3CCC(NC(C)=O)CC3)C(C)C2)nc(C(C)(C)C)n1. The number of amides is 1. The Balaban J connectivity index is 1.53. The van der Waals surface area contributed by atoms with Crippen LogP contribution in [0.5, 0.6) is 0 Å². The summed E-state index contributed by atoms with van der Waals surface area (Å²) in [5.41, 5.74) is 0.859. The van der Waals surface area contributed by atoms with Crippen LogP contribution in [-0.2, 0) is 21.6 Å². The van der Waals surface area contributed by atoms with Crippen LogP contribution < -0.4 is 10.2 Å². The fourth-order valence-electron chi connectivity index (χ4n) is 4.97. The molecule has 7 heteroatoms. The molecule has 1 saturated heterocycles. The summed E-state index contributed by atoms with van der Waals surface area (Å²) < 4.78 is 5.35. The van der Waals surface area contributed by atoms with Crippen molar-refractivity contribution in [1.29, 1.82) is 0 Å². The molecule has 32 heavy (non-hydrogen) atoms. The van der Waals surface area contributed by atoms with Crippen molar-refractivity contribution >= 4 is 11.7 Å². The number of piperazine rings is 1. The van der Waals surface area contributed by atoms with Gasteiger partial charge < -0.3 is 15.0 Å². The van der Waals surface area contributed by atoms with E-state index in [-0.39, 0.29) is 11.3 Å². The lowest BCUT2D eigenvalue weighted by Crippen LogP contribution is -2.52. The summed E-state index contributed by atoms with van der Waals surface area (Å²) in [7, 11) is 1.71. The molecule has 3 rings (SSSR count). The zero-order valence-electron chi connectivity index (χ0n) is 21.0. The van der Waals surface area contributed by atoms with Crippen molar-refractivity contribution in [3.8, 4) is 0 Å². The first-order valence-electron chi connectivity index (χ1n) is 12.3. The predicted octanol–water partition coefficient (Wildman–Crippen LogP) is 3.52. The third-order valence-corrected chi connectivity index (χ3v) is 6.90. The lowest BCUT2D eigenvalue weighted by Gasteiger charge is -2.41. The average Bonchev–Trinajstić information content (AvgIpc) is 2.73. The van der Waals surface area contributed by atoms with Crippen molar-refractivity contribution in [2.45, 2.75) is 90.8 Å². The molecule has 1 atom stereocenters. The summed E-state index contributed by atoms with van der Waals surface area (Å²) in [6.07, 6.45) is 5.98. The fourth-order valence-corrected chi connectivity index (χ4v) is 4.97. The second-order valence-electron chi connectivity index (χ2n) is 10.8. The summed E-state index contributed by atoms with van der Waals surface area (Å²) in [4.78, 5) is 26.0. The second-order valence-corrected chi connectivity index (χ2v) is 10.8. The number of carbonyl (C=O) groups excluding carboxylic acids is 1. The van der Waals surface area contributed by atoms with Gasteiger partial charge in [0, 0.05) is 57.2 Å². The summed E-state index contributed by atoms with van der Waals surface area (Å²) in [6.45, 7) is 15.2. The highest BCUT2D eigenvalue weighted by Gasteiger charge is 2.28. The molecule has 1 amide bonds.